The van der Waals surface area contributed by atoms with Crippen molar-refractivity contribution in [3.8, 4) is 0 Å². The first-order chi connectivity index (χ1) is 17.3. The van der Waals surface area contributed by atoms with Gasteiger partial charge in [0.25, 0.3) is 0 Å². The maximum absolute atomic E-state index is 12.7. The molecule has 0 saturated heterocycles. The number of nitrogens with two attached hydrogens (primary N) is 1. The van der Waals surface area contributed by atoms with Gasteiger partial charge in [-0.25, -0.2) is 0 Å². The lowest BCUT2D eigenvalue weighted by Crippen LogP contribution is -2.43. The molecule has 3 aromatic rings. The summed E-state index contributed by atoms with van der Waals surface area (Å²) in [5.74, 6) is -2.05. The maximum Gasteiger partial charge on any atom is 0.313 e. The number of hydrogen-bond acceptors (Lipinski definition) is 5. The standard InChI is InChI=1S/C28H31N5O3/c1-32(2)24-13-9-20(10-14-24)25(33-16-15-19-5-3-4-6-22(19)18-33)17-30-27(35)28(36)31-23-11-7-21(8-12-23)26(29)34/h3-14,25H,15-18H2,1-2H3,(H2,29,34)(H,30,35)(H,31,36). The number of carbonyl (C=O) groups excluding carboxylic acids is 3. The molecule has 8 heteroatoms. The Labute approximate surface area is 211 Å². The van der Waals surface area contributed by atoms with Crippen molar-refractivity contribution in [1.82, 2.24) is 10.2 Å². The number of amides is 3. The molecule has 1 unspecified atom stereocenters. The predicted octanol–water partition coefficient (Wildman–Crippen LogP) is 2.71. The number of rotatable bonds is 7. The van der Waals surface area contributed by atoms with Crippen LogP contribution in [0, 0.1) is 0 Å². The molecule has 3 aromatic carbocycles. The molecule has 8 nitrogen and oxygen atoms in total. The first-order valence-electron chi connectivity index (χ1n) is 11.9. The highest BCUT2D eigenvalue weighted by Gasteiger charge is 2.26. The molecule has 0 spiro atoms. The number of carbonyl (C=O) groups is 3. The highest BCUT2D eigenvalue weighted by molar-refractivity contribution is 6.39. The van der Waals surface area contributed by atoms with Crippen molar-refractivity contribution in [3.05, 3.63) is 95.1 Å². The van der Waals surface area contributed by atoms with Gasteiger partial charge in [0, 0.05) is 50.7 Å². The minimum Gasteiger partial charge on any atom is -0.378 e. The van der Waals surface area contributed by atoms with Gasteiger partial charge in [0.05, 0.1) is 6.04 Å². The second kappa shape index (κ2) is 11.0. The summed E-state index contributed by atoms with van der Waals surface area (Å²) >= 11 is 0. The van der Waals surface area contributed by atoms with Gasteiger partial charge < -0.3 is 21.3 Å². The summed E-state index contributed by atoms with van der Waals surface area (Å²) in [6.07, 6.45) is 0.929. The van der Waals surface area contributed by atoms with Crippen LogP contribution in [0.2, 0.25) is 0 Å². The van der Waals surface area contributed by atoms with Crippen LogP contribution in [0.3, 0.4) is 0 Å². The van der Waals surface area contributed by atoms with E-state index in [4.69, 9.17) is 5.73 Å². The van der Waals surface area contributed by atoms with E-state index in [9.17, 15) is 14.4 Å². The summed E-state index contributed by atoms with van der Waals surface area (Å²) in [6, 6.07) is 22.7. The Hall–Kier alpha value is -4.17. The fourth-order valence-electron chi connectivity index (χ4n) is 4.41. The normalized spacial score (nSPS) is 13.8. The quantitative estimate of drug-likeness (QED) is 0.446. The molecular formula is C28H31N5O3. The van der Waals surface area contributed by atoms with Gasteiger partial charge >= 0.3 is 11.8 Å². The van der Waals surface area contributed by atoms with Crippen LogP contribution < -0.4 is 21.3 Å². The highest BCUT2D eigenvalue weighted by Crippen LogP contribution is 2.28. The zero-order chi connectivity index (χ0) is 25.7. The Morgan fingerprint density at radius 2 is 1.58 bits per heavy atom. The third-order valence-electron chi connectivity index (χ3n) is 6.48. The lowest BCUT2D eigenvalue weighted by molar-refractivity contribution is -0.136. The van der Waals surface area contributed by atoms with Crippen LogP contribution in [0.25, 0.3) is 0 Å². The van der Waals surface area contributed by atoms with Crippen molar-refractivity contribution < 1.29 is 14.4 Å². The molecule has 4 N–H and O–H groups in total. The zero-order valence-corrected chi connectivity index (χ0v) is 20.5. The number of nitrogens with one attached hydrogen (secondary N) is 2. The third kappa shape index (κ3) is 5.90. The van der Waals surface area contributed by atoms with Gasteiger partial charge in [-0.15, -0.1) is 0 Å². The van der Waals surface area contributed by atoms with E-state index in [-0.39, 0.29) is 12.6 Å². The molecule has 1 aliphatic rings. The van der Waals surface area contributed by atoms with Gasteiger partial charge in [-0.2, -0.15) is 0 Å². The Morgan fingerprint density at radius 1 is 0.917 bits per heavy atom. The number of benzene rings is 3. The molecule has 4 rings (SSSR count). The van der Waals surface area contributed by atoms with Crippen molar-refractivity contribution >= 4 is 29.1 Å². The fourth-order valence-corrected chi connectivity index (χ4v) is 4.41. The number of primary amides is 1. The van der Waals surface area contributed by atoms with Crippen LogP contribution in [-0.2, 0) is 22.6 Å². The van der Waals surface area contributed by atoms with Crippen LogP contribution >= 0.6 is 0 Å². The number of hydrogen-bond donors (Lipinski definition) is 3. The Balaban J connectivity index is 1.46. The van der Waals surface area contributed by atoms with E-state index >= 15 is 0 Å². The second-order valence-electron chi connectivity index (χ2n) is 9.10. The number of anilines is 2. The molecule has 1 aliphatic heterocycles. The Kier molecular flexibility index (Phi) is 7.65. The average molecular weight is 486 g/mol. The summed E-state index contributed by atoms with van der Waals surface area (Å²) < 4.78 is 0. The van der Waals surface area contributed by atoms with E-state index in [0.29, 0.717) is 11.3 Å². The minimum absolute atomic E-state index is 0.0961. The summed E-state index contributed by atoms with van der Waals surface area (Å²) in [5.41, 5.74) is 10.8. The first kappa shape index (κ1) is 24.9. The van der Waals surface area contributed by atoms with Crippen molar-refractivity contribution in [2.24, 2.45) is 5.73 Å². The fraction of sp³-hybridized carbons (Fsp3) is 0.250. The first-order valence-corrected chi connectivity index (χ1v) is 11.9. The van der Waals surface area contributed by atoms with Crippen LogP contribution in [-0.4, -0.2) is 49.8 Å². The van der Waals surface area contributed by atoms with Crippen LogP contribution in [0.5, 0.6) is 0 Å². The van der Waals surface area contributed by atoms with E-state index in [1.165, 1.54) is 35.4 Å². The van der Waals surface area contributed by atoms with Crippen LogP contribution in [0.15, 0.2) is 72.8 Å². The van der Waals surface area contributed by atoms with E-state index in [1.807, 2.05) is 25.1 Å². The molecule has 186 valence electrons. The summed E-state index contributed by atoms with van der Waals surface area (Å²) in [6.45, 7) is 1.91. The summed E-state index contributed by atoms with van der Waals surface area (Å²) in [7, 11) is 3.99. The second-order valence-corrected chi connectivity index (χ2v) is 9.10. The molecule has 1 atom stereocenters. The predicted molar refractivity (Wildman–Crippen MR) is 141 cm³/mol. The van der Waals surface area contributed by atoms with Gasteiger partial charge in [-0.1, -0.05) is 36.4 Å². The van der Waals surface area contributed by atoms with Crippen molar-refractivity contribution in [2.75, 3.05) is 37.4 Å². The third-order valence-corrected chi connectivity index (χ3v) is 6.48. The Bertz CT molecular complexity index is 1240. The molecule has 1 heterocycles. The Morgan fingerprint density at radius 3 is 2.22 bits per heavy atom. The molecule has 0 fully saturated rings. The van der Waals surface area contributed by atoms with Crippen molar-refractivity contribution in [1.29, 1.82) is 0 Å². The topological polar surface area (TPSA) is 108 Å². The molecule has 0 saturated carbocycles. The number of nitrogens with zero attached hydrogens (tertiary/aromatic N) is 2. The highest BCUT2D eigenvalue weighted by atomic mass is 16.2. The average Bonchev–Trinajstić information content (AvgIpc) is 2.89. The van der Waals surface area contributed by atoms with Gasteiger partial charge in [-0.3, -0.25) is 19.3 Å². The molecule has 0 radical (unpaired) electrons. The largest absolute Gasteiger partial charge is 0.378 e. The molecule has 36 heavy (non-hydrogen) atoms. The summed E-state index contributed by atoms with van der Waals surface area (Å²) in [5, 5.41) is 5.37. The summed E-state index contributed by atoms with van der Waals surface area (Å²) in [4.78, 5) is 40.8. The van der Waals surface area contributed by atoms with E-state index in [1.54, 1.807) is 0 Å². The van der Waals surface area contributed by atoms with Crippen molar-refractivity contribution in [3.63, 3.8) is 0 Å². The molecule has 0 bridgehead atoms. The molecular weight excluding hydrogens is 454 g/mol. The molecule has 0 aliphatic carbocycles. The SMILES string of the molecule is CN(C)c1ccc(C(CNC(=O)C(=O)Nc2ccc(C(N)=O)cc2)N2CCc3ccccc3C2)cc1. The van der Waals surface area contributed by atoms with Crippen LogP contribution in [0.4, 0.5) is 11.4 Å². The van der Waals surface area contributed by atoms with E-state index in [0.717, 1.165) is 30.8 Å². The molecule has 3 amide bonds. The molecule has 0 aromatic heterocycles. The van der Waals surface area contributed by atoms with Gasteiger partial charge in [0.1, 0.15) is 0 Å². The van der Waals surface area contributed by atoms with E-state index < -0.39 is 17.7 Å². The number of fused-ring (bicyclic) bond motifs is 1. The maximum atomic E-state index is 12.7. The van der Waals surface area contributed by atoms with Crippen molar-refractivity contribution in [2.45, 2.75) is 19.0 Å². The smallest absolute Gasteiger partial charge is 0.313 e. The zero-order valence-electron chi connectivity index (χ0n) is 20.5. The van der Waals surface area contributed by atoms with Gasteiger partial charge in [-0.05, 0) is 59.5 Å². The van der Waals surface area contributed by atoms with Gasteiger partial charge in [0.2, 0.25) is 5.91 Å². The van der Waals surface area contributed by atoms with Crippen LogP contribution in [0.1, 0.15) is 33.1 Å². The van der Waals surface area contributed by atoms with Gasteiger partial charge in [0.15, 0.2) is 0 Å². The lowest BCUT2D eigenvalue weighted by Gasteiger charge is -2.36. The van der Waals surface area contributed by atoms with E-state index in [2.05, 4.69) is 58.0 Å². The monoisotopic (exact) mass is 485 g/mol. The minimum atomic E-state index is -0.771. The lowest BCUT2D eigenvalue weighted by atomic mass is 9.96.